The number of para-hydroxylation sites is 1. The highest BCUT2D eigenvalue weighted by molar-refractivity contribution is 6.39. The molecule has 2 nitrogen and oxygen atoms in total. The Bertz CT molecular complexity index is 895. The highest BCUT2D eigenvalue weighted by Crippen LogP contribution is 2.32. The van der Waals surface area contributed by atoms with Gasteiger partial charge in [-0.2, -0.15) is 0 Å². The molecule has 4 aromatic rings. The van der Waals surface area contributed by atoms with Crippen molar-refractivity contribution in [2.75, 3.05) is 0 Å². The molecule has 18 heavy (non-hydrogen) atoms. The van der Waals surface area contributed by atoms with Crippen LogP contribution < -0.4 is 5.46 Å². The molecule has 0 saturated heterocycles. The van der Waals surface area contributed by atoms with Gasteiger partial charge in [-0.05, 0) is 17.5 Å². The number of pyridine rings is 1. The Morgan fingerprint density at radius 3 is 2.89 bits per heavy atom. The molecule has 0 bridgehead atoms. The number of nitrogens with zero attached hydrogens (tertiary/aromatic N) is 1. The first-order valence-corrected chi connectivity index (χ1v) is 5.78. The summed E-state index contributed by atoms with van der Waals surface area (Å²) >= 11 is 0. The molecule has 0 spiro atoms. The summed E-state index contributed by atoms with van der Waals surface area (Å²) in [5.41, 5.74) is 2.27. The van der Waals surface area contributed by atoms with Gasteiger partial charge in [0.05, 0.1) is 0 Å². The molecule has 82 valence electrons. The second kappa shape index (κ2) is 3.36. The van der Waals surface area contributed by atoms with E-state index in [0.717, 1.165) is 32.7 Å². The maximum absolute atomic E-state index is 5.95. The quantitative estimate of drug-likeness (QED) is 0.433. The number of fused-ring (bicyclic) bond motifs is 5. The van der Waals surface area contributed by atoms with Crippen LogP contribution in [-0.4, -0.2) is 12.8 Å². The van der Waals surface area contributed by atoms with Gasteiger partial charge >= 0.3 is 0 Å². The van der Waals surface area contributed by atoms with Gasteiger partial charge in [-0.1, -0.05) is 29.7 Å². The van der Waals surface area contributed by atoms with Gasteiger partial charge in [0.2, 0.25) is 0 Å². The average molecular weight is 229 g/mol. The Balaban J connectivity index is 2.37. The lowest BCUT2D eigenvalue weighted by atomic mass is 9.93. The zero-order valence-corrected chi connectivity index (χ0v) is 9.55. The van der Waals surface area contributed by atoms with E-state index in [9.17, 15) is 0 Å². The van der Waals surface area contributed by atoms with E-state index in [1.54, 1.807) is 6.20 Å². The minimum Gasteiger partial charge on any atom is -0.457 e. The third-order valence-electron chi connectivity index (χ3n) is 3.31. The fourth-order valence-electron chi connectivity index (χ4n) is 2.48. The third kappa shape index (κ3) is 1.16. The van der Waals surface area contributed by atoms with Crippen molar-refractivity contribution >= 4 is 46.0 Å². The van der Waals surface area contributed by atoms with Crippen molar-refractivity contribution in [3.8, 4) is 0 Å². The van der Waals surface area contributed by atoms with Crippen LogP contribution in [0, 0.1) is 0 Å². The van der Waals surface area contributed by atoms with Crippen LogP contribution in [0.1, 0.15) is 0 Å². The second-order valence-corrected chi connectivity index (χ2v) is 4.36. The molecule has 0 aliphatic carbocycles. The fourth-order valence-corrected chi connectivity index (χ4v) is 2.48. The average Bonchev–Trinajstić information content (AvgIpc) is 2.79. The van der Waals surface area contributed by atoms with E-state index in [0.29, 0.717) is 5.46 Å². The highest BCUT2D eigenvalue weighted by Gasteiger charge is 2.11. The lowest BCUT2D eigenvalue weighted by Gasteiger charge is -1.98. The normalized spacial score (nSPS) is 11.6. The number of benzene rings is 2. The molecular formula is C15H8BNO. The molecule has 2 aromatic heterocycles. The van der Waals surface area contributed by atoms with Crippen molar-refractivity contribution in [1.29, 1.82) is 0 Å². The molecule has 4 rings (SSSR count). The minimum atomic E-state index is 0.667. The molecule has 0 fully saturated rings. The molecule has 2 heterocycles. The number of hydrogen-bond donors (Lipinski definition) is 0. The molecule has 0 unspecified atom stereocenters. The monoisotopic (exact) mass is 229 g/mol. The van der Waals surface area contributed by atoms with Crippen LogP contribution in [0.15, 0.2) is 53.2 Å². The molecule has 0 aliphatic heterocycles. The first-order valence-electron chi connectivity index (χ1n) is 5.78. The zero-order chi connectivity index (χ0) is 12.1. The van der Waals surface area contributed by atoms with Crippen LogP contribution in [0.5, 0.6) is 0 Å². The van der Waals surface area contributed by atoms with Crippen molar-refractivity contribution in [3.05, 3.63) is 48.8 Å². The van der Waals surface area contributed by atoms with Gasteiger partial charge in [0, 0.05) is 28.6 Å². The van der Waals surface area contributed by atoms with Crippen LogP contribution in [-0.2, 0) is 0 Å². The van der Waals surface area contributed by atoms with Gasteiger partial charge in [0.15, 0.2) is 0 Å². The van der Waals surface area contributed by atoms with Gasteiger partial charge in [-0.3, -0.25) is 4.98 Å². The topological polar surface area (TPSA) is 26.0 Å². The molecule has 0 aliphatic rings. The Kier molecular flexibility index (Phi) is 1.81. The van der Waals surface area contributed by atoms with Crippen LogP contribution in [0.3, 0.4) is 0 Å². The molecular weight excluding hydrogens is 221 g/mol. The summed E-state index contributed by atoms with van der Waals surface area (Å²) in [6.07, 6.45) is 3.67. The van der Waals surface area contributed by atoms with Crippen molar-refractivity contribution in [1.82, 2.24) is 4.98 Å². The predicted octanol–water partition coefficient (Wildman–Crippen LogP) is 2.93. The van der Waals surface area contributed by atoms with Crippen LogP contribution in [0.2, 0.25) is 0 Å². The second-order valence-electron chi connectivity index (χ2n) is 4.36. The molecule has 2 aromatic carbocycles. The summed E-state index contributed by atoms with van der Waals surface area (Å²) in [6.45, 7) is 0. The lowest BCUT2D eigenvalue weighted by molar-refractivity contribution is 0.672. The van der Waals surface area contributed by atoms with Crippen LogP contribution in [0.4, 0.5) is 0 Å². The maximum Gasteiger partial charge on any atom is 0.136 e. The van der Waals surface area contributed by atoms with E-state index in [4.69, 9.17) is 12.3 Å². The summed E-state index contributed by atoms with van der Waals surface area (Å²) in [5, 5.41) is 4.38. The number of rotatable bonds is 0. The number of furan rings is 1. The Morgan fingerprint density at radius 1 is 1.00 bits per heavy atom. The van der Waals surface area contributed by atoms with Crippen molar-refractivity contribution in [2.45, 2.75) is 0 Å². The zero-order valence-electron chi connectivity index (χ0n) is 9.55. The third-order valence-corrected chi connectivity index (χ3v) is 3.31. The highest BCUT2D eigenvalue weighted by atomic mass is 16.3. The van der Waals surface area contributed by atoms with Gasteiger partial charge in [-0.15, -0.1) is 0 Å². The van der Waals surface area contributed by atoms with Crippen LogP contribution >= 0.6 is 0 Å². The predicted molar refractivity (Wildman–Crippen MR) is 74.4 cm³/mol. The van der Waals surface area contributed by atoms with Gasteiger partial charge < -0.3 is 4.42 Å². The van der Waals surface area contributed by atoms with E-state index in [1.165, 1.54) is 0 Å². The summed E-state index contributed by atoms with van der Waals surface area (Å²) in [4.78, 5) is 4.20. The molecule has 2 radical (unpaired) electrons. The van der Waals surface area contributed by atoms with E-state index < -0.39 is 0 Å². The summed E-state index contributed by atoms with van der Waals surface area (Å²) in [5.74, 6) is 0. The van der Waals surface area contributed by atoms with E-state index >= 15 is 0 Å². The van der Waals surface area contributed by atoms with Gasteiger partial charge in [0.1, 0.15) is 19.0 Å². The SMILES string of the molecule is [B]c1cccc2c1oc1ccc3ccncc3c12. The first-order chi connectivity index (χ1) is 8.84. The van der Waals surface area contributed by atoms with Crippen molar-refractivity contribution in [3.63, 3.8) is 0 Å². The standard InChI is InChI=1S/C15H8BNO/c16-12-3-1-2-10-14-11-8-17-7-6-9(11)4-5-13(14)18-15(10)12/h1-8H. The Hall–Kier alpha value is -2.29. The van der Waals surface area contributed by atoms with E-state index in [2.05, 4.69) is 4.98 Å². The first kappa shape index (κ1) is 9.72. The summed E-state index contributed by atoms with van der Waals surface area (Å²) in [7, 11) is 5.95. The lowest BCUT2D eigenvalue weighted by Crippen LogP contribution is -2.00. The molecule has 0 amide bonds. The molecule has 3 heteroatoms. The summed E-state index contributed by atoms with van der Waals surface area (Å²) in [6, 6.07) is 11.9. The fraction of sp³-hybridized carbons (Fsp3) is 0. The van der Waals surface area contributed by atoms with Crippen molar-refractivity contribution in [2.24, 2.45) is 0 Å². The van der Waals surface area contributed by atoms with Gasteiger partial charge in [0.25, 0.3) is 0 Å². The van der Waals surface area contributed by atoms with Crippen LogP contribution in [0.25, 0.3) is 32.7 Å². The van der Waals surface area contributed by atoms with Crippen molar-refractivity contribution < 1.29 is 4.42 Å². The smallest absolute Gasteiger partial charge is 0.136 e. The molecule has 0 N–H and O–H groups in total. The molecule has 0 atom stereocenters. The van der Waals surface area contributed by atoms with Gasteiger partial charge in [-0.25, -0.2) is 0 Å². The summed E-state index contributed by atoms with van der Waals surface area (Å²) < 4.78 is 5.84. The minimum absolute atomic E-state index is 0.667. The largest absolute Gasteiger partial charge is 0.457 e. The maximum atomic E-state index is 5.95. The van der Waals surface area contributed by atoms with E-state index in [1.807, 2.05) is 42.6 Å². The molecule has 0 saturated carbocycles. The Morgan fingerprint density at radius 2 is 1.94 bits per heavy atom. The Labute approximate surface area is 105 Å². The number of aromatic nitrogens is 1. The number of hydrogen-bond acceptors (Lipinski definition) is 2. The van der Waals surface area contributed by atoms with E-state index in [-0.39, 0.29) is 0 Å².